The van der Waals surface area contributed by atoms with Gasteiger partial charge in [-0.25, -0.2) is 8.42 Å². The molecule has 1 N–H and O–H groups in total. The average Bonchev–Trinajstić information content (AvgIpc) is 2.63. The SMILES string of the molecule is O=C1CN(S(=O)(=O)c2sccc2Br)CC(=O)N1. The molecule has 1 saturated heterocycles. The van der Waals surface area contributed by atoms with E-state index in [1.807, 2.05) is 5.32 Å². The van der Waals surface area contributed by atoms with Crippen molar-refractivity contribution in [1.82, 2.24) is 9.62 Å². The predicted molar refractivity (Wildman–Crippen MR) is 63.9 cm³/mol. The molecule has 0 atom stereocenters. The zero-order chi connectivity index (χ0) is 12.6. The Morgan fingerprint density at radius 1 is 1.29 bits per heavy atom. The number of carbonyl (C=O) groups excluding carboxylic acids is 2. The summed E-state index contributed by atoms with van der Waals surface area (Å²) in [6.07, 6.45) is 0. The lowest BCUT2D eigenvalue weighted by molar-refractivity contribution is -0.134. The normalized spacial score (nSPS) is 18.2. The number of piperazine rings is 1. The Bertz CT molecular complexity index is 564. The Hall–Kier alpha value is -0.770. The lowest BCUT2D eigenvalue weighted by atomic mass is 10.4. The zero-order valence-corrected chi connectivity index (χ0v) is 11.6. The highest BCUT2D eigenvalue weighted by molar-refractivity contribution is 9.10. The second-order valence-electron chi connectivity index (χ2n) is 3.30. The third-order valence-corrected chi connectivity index (χ3v) is 6.52. The summed E-state index contributed by atoms with van der Waals surface area (Å²) in [5.74, 6) is -1.23. The second kappa shape index (κ2) is 4.48. The Balaban J connectivity index is 2.37. The summed E-state index contributed by atoms with van der Waals surface area (Å²) in [6.45, 7) is -0.670. The van der Waals surface area contributed by atoms with Crippen LogP contribution in [-0.4, -0.2) is 37.6 Å². The minimum absolute atomic E-state index is 0.0972. The number of nitrogens with one attached hydrogen (secondary N) is 1. The van der Waals surface area contributed by atoms with E-state index in [9.17, 15) is 18.0 Å². The van der Waals surface area contributed by atoms with Gasteiger partial charge in [0.2, 0.25) is 11.8 Å². The maximum atomic E-state index is 12.1. The molecule has 0 bridgehead atoms. The van der Waals surface area contributed by atoms with Crippen molar-refractivity contribution in [3.8, 4) is 0 Å². The van der Waals surface area contributed by atoms with Gasteiger partial charge in [-0.15, -0.1) is 11.3 Å². The van der Waals surface area contributed by atoms with Crippen molar-refractivity contribution in [3.05, 3.63) is 15.9 Å². The van der Waals surface area contributed by atoms with E-state index >= 15 is 0 Å². The fraction of sp³-hybridized carbons (Fsp3) is 0.250. The fourth-order valence-electron chi connectivity index (χ4n) is 1.36. The highest BCUT2D eigenvalue weighted by Gasteiger charge is 2.34. The predicted octanol–water partition coefficient (Wildman–Crippen LogP) is 0.158. The van der Waals surface area contributed by atoms with Gasteiger partial charge in [0, 0.05) is 4.47 Å². The molecule has 0 aliphatic carbocycles. The first kappa shape index (κ1) is 12.7. The standard InChI is InChI=1S/C8H7BrN2O4S2/c9-5-1-2-16-8(5)17(14,15)11-3-6(12)10-7(13)4-11/h1-2H,3-4H2,(H,10,12,13). The van der Waals surface area contributed by atoms with Crippen molar-refractivity contribution in [3.63, 3.8) is 0 Å². The molecular weight excluding hydrogens is 332 g/mol. The third kappa shape index (κ3) is 2.41. The molecule has 2 amide bonds. The first-order chi connectivity index (χ1) is 7.91. The molecule has 17 heavy (non-hydrogen) atoms. The molecular formula is C8H7BrN2O4S2. The molecule has 0 saturated carbocycles. The average molecular weight is 339 g/mol. The van der Waals surface area contributed by atoms with E-state index < -0.39 is 21.8 Å². The molecule has 92 valence electrons. The highest BCUT2D eigenvalue weighted by Crippen LogP contribution is 2.30. The Kier molecular flexibility index (Phi) is 3.34. The van der Waals surface area contributed by atoms with Crippen LogP contribution in [0.25, 0.3) is 0 Å². The molecule has 0 radical (unpaired) electrons. The van der Waals surface area contributed by atoms with Crippen LogP contribution in [0.1, 0.15) is 0 Å². The summed E-state index contributed by atoms with van der Waals surface area (Å²) in [5.41, 5.74) is 0. The number of rotatable bonds is 2. The van der Waals surface area contributed by atoms with Crippen molar-refractivity contribution in [2.75, 3.05) is 13.1 Å². The van der Waals surface area contributed by atoms with Crippen molar-refractivity contribution >= 4 is 49.1 Å². The minimum atomic E-state index is -3.79. The Morgan fingerprint density at radius 3 is 2.35 bits per heavy atom. The van der Waals surface area contributed by atoms with Gasteiger partial charge in [0.05, 0.1) is 13.1 Å². The highest BCUT2D eigenvalue weighted by atomic mass is 79.9. The smallest absolute Gasteiger partial charge is 0.254 e. The van der Waals surface area contributed by atoms with Crippen molar-refractivity contribution in [2.24, 2.45) is 0 Å². The van der Waals surface area contributed by atoms with E-state index in [-0.39, 0.29) is 17.3 Å². The monoisotopic (exact) mass is 338 g/mol. The van der Waals surface area contributed by atoms with Crippen molar-refractivity contribution in [2.45, 2.75) is 4.21 Å². The molecule has 1 fully saturated rings. The van der Waals surface area contributed by atoms with Gasteiger partial charge in [-0.05, 0) is 27.4 Å². The summed E-state index contributed by atoms with van der Waals surface area (Å²) in [5, 5.41) is 3.66. The number of amides is 2. The van der Waals surface area contributed by atoms with E-state index in [2.05, 4.69) is 15.9 Å². The zero-order valence-electron chi connectivity index (χ0n) is 8.34. The Morgan fingerprint density at radius 2 is 1.88 bits per heavy atom. The van der Waals surface area contributed by atoms with Crippen LogP contribution in [0, 0.1) is 0 Å². The quantitative estimate of drug-likeness (QED) is 0.778. The molecule has 1 aromatic heterocycles. The van der Waals surface area contributed by atoms with E-state index in [0.29, 0.717) is 4.47 Å². The summed E-state index contributed by atoms with van der Waals surface area (Å²) in [7, 11) is -3.79. The van der Waals surface area contributed by atoms with Gasteiger partial charge in [-0.2, -0.15) is 4.31 Å². The lowest BCUT2D eigenvalue weighted by Gasteiger charge is -2.24. The fourth-order valence-corrected chi connectivity index (χ4v) is 5.16. The summed E-state index contributed by atoms with van der Waals surface area (Å²) >= 11 is 4.15. The Labute approximate surface area is 110 Å². The van der Waals surface area contributed by atoms with Gasteiger partial charge in [0.1, 0.15) is 4.21 Å². The van der Waals surface area contributed by atoms with Gasteiger partial charge in [-0.3, -0.25) is 14.9 Å². The molecule has 2 heterocycles. The third-order valence-electron chi connectivity index (χ3n) is 2.08. The first-order valence-corrected chi connectivity index (χ1v) is 7.58. The molecule has 1 aromatic rings. The topological polar surface area (TPSA) is 83.6 Å². The minimum Gasteiger partial charge on any atom is -0.294 e. The largest absolute Gasteiger partial charge is 0.294 e. The molecule has 1 aliphatic rings. The number of thiophene rings is 1. The van der Waals surface area contributed by atoms with Crippen LogP contribution < -0.4 is 5.32 Å². The van der Waals surface area contributed by atoms with Gasteiger partial charge in [0.25, 0.3) is 10.0 Å². The van der Waals surface area contributed by atoms with E-state index in [0.717, 1.165) is 15.6 Å². The van der Waals surface area contributed by atoms with Gasteiger partial charge < -0.3 is 0 Å². The number of nitrogens with zero attached hydrogens (tertiary/aromatic N) is 1. The molecule has 1 aliphatic heterocycles. The summed E-state index contributed by atoms with van der Waals surface area (Å²) < 4.78 is 25.7. The van der Waals surface area contributed by atoms with Gasteiger partial charge in [0.15, 0.2) is 0 Å². The number of carbonyl (C=O) groups is 2. The summed E-state index contributed by atoms with van der Waals surface area (Å²) in [6, 6.07) is 1.60. The molecule has 9 heteroatoms. The van der Waals surface area contributed by atoms with Crippen LogP contribution in [-0.2, 0) is 19.6 Å². The van der Waals surface area contributed by atoms with Crippen LogP contribution >= 0.6 is 27.3 Å². The van der Waals surface area contributed by atoms with Crippen LogP contribution in [0.4, 0.5) is 0 Å². The van der Waals surface area contributed by atoms with Crippen LogP contribution in [0.2, 0.25) is 0 Å². The lowest BCUT2D eigenvalue weighted by Crippen LogP contribution is -2.53. The van der Waals surface area contributed by atoms with Gasteiger partial charge in [-0.1, -0.05) is 0 Å². The van der Waals surface area contributed by atoms with Crippen molar-refractivity contribution < 1.29 is 18.0 Å². The van der Waals surface area contributed by atoms with Crippen LogP contribution in [0.15, 0.2) is 20.1 Å². The van der Waals surface area contributed by atoms with E-state index in [4.69, 9.17) is 0 Å². The summed E-state index contributed by atoms with van der Waals surface area (Å²) in [4.78, 5) is 22.3. The van der Waals surface area contributed by atoms with Crippen molar-refractivity contribution in [1.29, 1.82) is 0 Å². The molecule has 0 aromatic carbocycles. The van der Waals surface area contributed by atoms with E-state index in [1.165, 1.54) is 0 Å². The number of halogens is 1. The number of sulfonamides is 1. The van der Waals surface area contributed by atoms with Gasteiger partial charge >= 0.3 is 0 Å². The van der Waals surface area contributed by atoms with E-state index in [1.54, 1.807) is 11.4 Å². The van der Waals surface area contributed by atoms with Crippen LogP contribution in [0.3, 0.4) is 0 Å². The first-order valence-electron chi connectivity index (χ1n) is 4.47. The number of imide groups is 1. The molecule has 0 unspecified atom stereocenters. The maximum Gasteiger partial charge on any atom is 0.254 e. The molecule has 0 spiro atoms. The second-order valence-corrected chi connectivity index (χ2v) is 7.20. The maximum absolute atomic E-state index is 12.1. The number of hydrogen-bond donors (Lipinski definition) is 1. The molecule has 2 rings (SSSR count). The van der Waals surface area contributed by atoms with Crippen LogP contribution in [0.5, 0.6) is 0 Å². The number of hydrogen-bond acceptors (Lipinski definition) is 5. The molecule has 6 nitrogen and oxygen atoms in total.